The largest absolute Gasteiger partial charge is 0.481 e. The number of halogens is 1. The first-order valence-corrected chi connectivity index (χ1v) is 10.3. The van der Waals surface area contributed by atoms with E-state index in [9.17, 15) is 14.9 Å². The van der Waals surface area contributed by atoms with Crippen molar-refractivity contribution >= 4 is 39.4 Å². The van der Waals surface area contributed by atoms with Crippen LogP contribution in [-0.2, 0) is 9.59 Å². The summed E-state index contributed by atoms with van der Waals surface area (Å²) >= 11 is 4.50. The van der Waals surface area contributed by atoms with Gasteiger partial charge in [-0.2, -0.15) is 5.26 Å². The Morgan fingerprint density at radius 1 is 1.37 bits per heavy atom. The predicted octanol–water partition coefficient (Wildman–Crippen LogP) is 4.33. The Morgan fingerprint density at radius 3 is 2.63 bits per heavy atom. The van der Waals surface area contributed by atoms with Gasteiger partial charge in [-0.25, -0.2) is 0 Å². The topological polar surface area (TPSA) is 90.2 Å². The quantitative estimate of drug-likeness (QED) is 0.714. The third-order valence-electron chi connectivity index (χ3n) is 4.67. The summed E-state index contributed by atoms with van der Waals surface area (Å²) in [4.78, 5) is 24.0. The molecular weight excluding hydrogens is 428 g/mol. The standard InChI is InChI=1S/C20H19BrN2O3S/c1-20(2)7-14-18(15(24)8-20)17(11-3-5-12(21)6-4-11)13(9-22)19(23-14)27-10-16(25)26/h3-6,17,23H,7-8,10H2,1-2H3,(H,25,26). The second-order valence-corrected chi connectivity index (χ2v) is 9.38. The van der Waals surface area contributed by atoms with Gasteiger partial charge in [-0.05, 0) is 29.5 Å². The molecule has 2 N–H and O–H groups in total. The molecule has 0 spiro atoms. The van der Waals surface area contributed by atoms with Crippen LogP contribution >= 0.6 is 27.7 Å². The van der Waals surface area contributed by atoms with Gasteiger partial charge in [0, 0.05) is 22.2 Å². The molecule has 0 saturated heterocycles. The van der Waals surface area contributed by atoms with Gasteiger partial charge in [-0.3, -0.25) is 9.59 Å². The summed E-state index contributed by atoms with van der Waals surface area (Å²) in [5.41, 5.74) is 2.50. The van der Waals surface area contributed by atoms with Crippen LogP contribution in [0.25, 0.3) is 0 Å². The minimum absolute atomic E-state index is 0.0386. The fraction of sp³-hybridized carbons (Fsp3) is 0.350. The molecule has 1 unspecified atom stereocenters. The number of hydrogen-bond acceptors (Lipinski definition) is 5. The zero-order valence-corrected chi connectivity index (χ0v) is 17.4. The van der Waals surface area contributed by atoms with Crippen LogP contribution in [0.3, 0.4) is 0 Å². The van der Waals surface area contributed by atoms with Crippen LogP contribution in [0.1, 0.15) is 38.2 Å². The zero-order chi connectivity index (χ0) is 19.8. The number of nitrogens with zero attached hydrogens (tertiary/aromatic N) is 1. The van der Waals surface area contributed by atoms with Gasteiger partial charge in [0.05, 0.1) is 28.3 Å². The van der Waals surface area contributed by atoms with Crippen LogP contribution < -0.4 is 5.32 Å². The summed E-state index contributed by atoms with van der Waals surface area (Å²) in [6, 6.07) is 9.78. The predicted molar refractivity (Wildman–Crippen MR) is 108 cm³/mol. The summed E-state index contributed by atoms with van der Waals surface area (Å²) in [6.45, 7) is 4.08. The van der Waals surface area contributed by atoms with Crippen molar-refractivity contribution in [1.29, 1.82) is 5.26 Å². The van der Waals surface area contributed by atoms with Crippen LogP contribution in [0.4, 0.5) is 0 Å². The molecule has 5 nitrogen and oxygen atoms in total. The summed E-state index contributed by atoms with van der Waals surface area (Å²) in [7, 11) is 0. The van der Waals surface area contributed by atoms with E-state index in [4.69, 9.17) is 5.11 Å². The van der Waals surface area contributed by atoms with Crippen molar-refractivity contribution in [3.8, 4) is 6.07 Å². The number of carbonyl (C=O) groups is 2. The third-order valence-corrected chi connectivity index (χ3v) is 6.20. The molecule has 0 radical (unpaired) electrons. The van der Waals surface area contributed by atoms with E-state index in [1.807, 2.05) is 38.1 Å². The van der Waals surface area contributed by atoms with E-state index in [0.29, 0.717) is 29.0 Å². The fourth-order valence-electron chi connectivity index (χ4n) is 3.61. The van der Waals surface area contributed by atoms with Gasteiger partial charge in [-0.1, -0.05) is 53.7 Å². The van der Waals surface area contributed by atoms with E-state index >= 15 is 0 Å². The summed E-state index contributed by atoms with van der Waals surface area (Å²) < 4.78 is 0.911. The molecule has 1 aliphatic heterocycles. The Hall–Kier alpha value is -2.04. The number of nitriles is 1. The van der Waals surface area contributed by atoms with E-state index in [1.54, 1.807) is 0 Å². The first-order chi connectivity index (χ1) is 12.7. The number of aliphatic carboxylic acids is 1. The van der Waals surface area contributed by atoms with E-state index in [2.05, 4.69) is 27.3 Å². The maximum atomic E-state index is 13.0. The number of carboxylic acid groups (broad SMARTS) is 1. The van der Waals surface area contributed by atoms with Crippen LogP contribution in [-0.4, -0.2) is 22.6 Å². The van der Waals surface area contributed by atoms with E-state index in [0.717, 1.165) is 27.5 Å². The highest BCUT2D eigenvalue weighted by atomic mass is 79.9. The number of carboxylic acids is 1. The van der Waals surface area contributed by atoms with Crippen LogP contribution in [0.15, 0.2) is 50.6 Å². The molecule has 1 aromatic carbocycles. The molecule has 0 aromatic heterocycles. The number of nitrogens with one attached hydrogen (secondary N) is 1. The highest BCUT2D eigenvalue weighted by Gasteiger charge is 2.41. The fourth-order valence-corrected chi connectivity index (χ4v) is 4.66. The number of carbonyl (C=O) groups excluding carboxylic acids is 1. The number of thioether (sulfide) groups is 1. The maximum absolute atomic E-state index is 13.0. The molecule has 1 atom stereocenters. The first kappa shape index (κ1) is 19.7. The van der Waals surface area contributed by atoms with E-state index < -0.39 is 11.9 Å². The molecule has 0 fully saturated rings. The van der Waals surface area contributed by atoms with Gasteiger partial charge in [0.15, 0.2) is 5.78 Å². The van der Waals surface area contributed by atoms with Crippen LogP contribution in [0.2, 0.25) is 0 Å². The van der Waals surface area contributed by atoms with E-state index in [-0.39, 0.29) is 17.0 Å². The third kappa shape index (κ3) is 4.12. The normalized spacial score (nSPS) is 21.4. The lowest BCUT2D eigenvalue weighted by Crippen LogP contribution is -2.37. The van der Waals surface area contributed by atoms with E-state index in [1.165, 1.54) is 0 Å². The van der Waals surface area contributed by atoms with Gasteiger partial charge < -0.3 is 10.4 Å². The highest BCUT2D eigenvalue weighted by Crippen LogP contribution is 2.47. The number of rotatable bonds is 4. The average molecular weight is 447 g/mol. The van der Waals surface area contributed by atoms with Crippen molar-refractivity contribution in [3.05, 3.63) is 56.2 Å². The van der Waals surface area contributed by atoms with Gasteiger partial charge in [0.25, 0.3) is 0 Å². The molecule has 1 heterocycles. The molecule has 0 amide bonds. The lowest BCUT2D eigenvalue weighted by Gasteiger charge is -2.39. The summed E-state index contributed by atoms with van der Waals surface area (Å²) in [5, 5.41) is 22.6. The Kier molecular flexibility index (Phi) is 5.50. The van der Waals surface area contributed by atoms with Crippen molar-refractivity contribution in [2.24, 2.45) is 5.41 Å². The molecule has 0 saturated carbocycles. The van der Waals surface area contributed by atoms with Crippen molar-refractivity contribution in [2.75, 3.05) is 5.75 Å². The molecule has 1 aliphatic carbocycles. The summed E-state index contributed by atoms with van der Waals surface area (Å²) in [5.74, 6) is -1.54. The molecule has 1 aromatic rings. The Morgan fingerprint density at radius 2 is 2.04 bits per heavy atom. The van der Waals surface area contributed by atoms with Crippen LogP contribution in [0.5, 0.6) is 0 Å². The second kappa shape index (κ2) is 7.53. The van der Waals surface area contributed by atoms with Crippen molar-refractivity contribution in [2.45, 2.75) is 32.6 Å². The van der Waals surface area contributed by atoms with Crippen molar-refractivity contribution in [3.63, 3.8) is 0 Å². The SMILES string of the molecule is CC1(C)CC(=O)C2=C(C1)NC(SCC(=O)O)=C(C#N)C2c1ccc(Br)cc1. The first-order valence-electron chi connectivity index (χ1n) is 8.49. The Labute approximate surface area is 170 Å². The second-order valence-electron chi connectivity index (χ2n) is 7.48. The lowest BCUT2D eigenvalue weighted by atomic mass is 9.69. The van der Waals surface area contributed by atoms with Gasteiger partial charge in [-0.15, -0.1) is 0 Å². The monoisotopic (exact) mass is 446 g/mol. The van der Waals surface area contributed by atoms with Gasteiger partial charge in [0.1, 0.15) is 0 Å². The van der Waals surface area contributed by atoms with Crippen molar-refractivity contribution in [1.82, 2.24) is 5.32 Å². The van der Waals surface area contributed by atoms with Gasteiger partial charge >= 0.3 is 5.97 Å². The minimum atomic E-state index is -0.952. The smallest absolute Gasteiger partial charge is 0.313 e. The van der Waals surface area contributed by atoms with Crippen LogP contribution in [0, 0.1) is 16.7 Å². The number of hydrogen-bond donors (Lipinski definition) is 2. The number of benzene rings is 1. The zero-order valence-electron chi connectivity index (χ0n) is 15.0. The minimum Gasteiger partial charge on any atom is -0.481 e. The average Bonchev–Trinajstić information content (AvgIpc) is 2.58. The number of dihydropyridines is 1. The lowest BCUT2D eigenvalue weighted by molar-refractivity contribution is -0.133. The Bertz CT molecular complexity index is 910. The molecule has 27 heavy (non-hydrogen) atoms. The molecule has 140 valence electrons. The number of allylic oxidation sites excluding steroid dienone is 3. The highest BCUT2D eigenvalue weighted by molar-refractivity contribution is 9.10. The maximum Gasteiger partial charge on any atom is 0.313 e. The van der Waals surface area contributed by atoms with Crippen molar-refractivity contribution < 1.29 is 14.7 Å². The molecule has 2 aliphatic rings. The Balaban J connectivity index is 2.14. The summed E-state index contributed by atoms with van der Waals surface area (Å²) in [6.07, 6.45) is 1.10. The van der Waals surface area contributed by atoms with Gasteiger partial charge in [0.2, 0.25) is 0 Å². The molecule has 0 bridgehead atoms. The molecular formula is C20H19BrN2O3S. The molecule has 7 heteroatoms. The number of ketones is 1. The molecule has 3 rings (SSSR count). The number of Topliss-reactive ketones (excluding diaryl/α,β-unsaturated/α-hetero) is 1.